The van der Waals surface area contributed by atoms with Crippen LogP contribution in [0.25, 0.3) is 0 Å². The van der Waals surface area contributed by atoms with Gasteiger partial charge in [0.2, 0.25) is 0 Å². The smallest absolute Gasteiger partial charge is 0.451 e. The fourth-order valence-corrected chi connectivity index (χ4v) is 1.99. The zero-order valence-corrected chi connectivity index (χ0v) is 11.2. The van der Waals surface area contributed by atoms with E-state index in [1.807, 2.05) is 30.3 Å². The van der Waals surface area contributed by atoms with Gasteiger partial charge in [0.1, 0.15) is 6.10 Å². The molecule has 0 heterocycles. The maximum atomic E-state index is 12.1. The van der Waals surface area contributed by atoms with Crippen molar-refractivity contribution in [2.75, 3.05) is 0 Å². The molecular formula is C15H15F3O3. The highest BCUT2D eigenvalue weighted by molar-refractivity contribution is 5.75. The van der Waals surface area contributed by atoms with Crippen LogP contribution in [0, 0.1) is 0 Å². The molecule has 6 heteroatoms. The number of halogens is 3. The van der Waals surface area contributed by atoms with Crippen molar-refractivity contribution in [2.24, 2.45) is 0 Å². The van der Waals surface area contributed by atoms with E-state index in [9.17, 15) is 18.0 Å². The monoisotopic (exact) mass is 300 g/mol. The molecule has 0 fully saturated rings. The SMILES string of the molecule is O=C(O[C@H]1C=C[C@H](OCc2ccccc2)CC1)C(F)(F)F. The summed E-state index contributed by atoms with van der Waals surface area (Å²) in [6.45, 7) is 0.433. The van der Waals surface area contributed by atoms with E-state index in [1.165, 1.54) is 6.08 Å². The Hall–Kier alpha value is -1.82. The number of esters is 1. The molecule has 3 nitrogen and oxygen atoms in total. The van der Waals surface area contributed by atoms with Crippen molar-refractivity contribution >= 4 is 5.97 Å². The summed E-state index contributed by atoms with van der Waals surface area (Å²) in [7, 11) is 0. The number of hydrogen-bond donors (Lipinski definition) is 0. The minimum Gasteiger partial charge on any atom is -0.451 e. The molecular weight excluding hydrogens is 285 g/mol. The molecule has 1 aromatic rings. The number of rotatable bonds is 4. The second-order valence-corrected chi connectivity index (χ2v) is 4.74. The lowest BCUT2D eigenvalue weighted by Crippen LogP contribution is -2.31. The van der Waals surface area contributed by atoms with Gasteiger partial charge in [-0.2, -0.15) is 13.2 Å². The summed E-state index contributed by atoms with van der Waals surface area (Å²) in [5.41, 5.74) is 1.02. The van der Waals surface area contributed by atoms with Gasteiger partial charge in [-0.3, -0.25) is 0 Å². The molecule has 0 bridgehead atoms. The molecule has 0 radical (unpaired) electrons. The first-order chi connectivity index (χ1) is 9.95. The Kier molecular flexibility index (Phi) is 5.01. The van der Waals surface area contributed by atoms with Gasteiger partial charge in [0.15, 0.2) is 0 Å². The van der Waals surface area contributed by atoms with E-state index in [2.05, 4.69) is 4.74 Å². The minimum absolute atomic E-state index is 0.175. The van der Waals surface area contributed by atoms with Crippen LogP contribution in [-0.2, 0) is 20.9 Å². The second-order valence-electron chi connectivity index (χ2n) is 4.74. The molecule has 1 aromatic carbocycles. The van der Waals surface area contributed by atoms with Crippen molar-refractivity contribution in [1.29, 1.82) is 0 Å². The Morgan fingerprint density at radius 1 is 1.10 bits per heavy atom. The van der Waals surface area contributed by atoms with Crippen molar-refractivity contribution in [3.63, 3.8) is 0 Å². The average molecular weight is 300 g/mol. The summed E-state index contributed by atoms with van der Waals surface area (Å²) in [5, 5.41) is 0. The van der Waals surface area contributed by atoms with Crippen LogP contribution in [0.1, 0.15) is 18.4 Å². The summed E-state index contributed by atoms with van der Waals surface area (Å²) in [6.07, 6.45) is -2.05. The molecule has 0 aliphatic heterocycles. The van der Waals surface area contributed by atoms with Gasteiger partial charge in [-0.05, 0) is 24.5 Å². The van der Waals surface area contributed by atoms with E-state index in [1.54, 1.807) is 6.08 Å². The van der Waals surface area contributed by atoms with Gasteiger partial charge in [-0.15, -0.1) is 0 Å². The molecule has 0 N–H and O–H groups in total. The van der Waals surface area contributed by atoms with Crippen LogP contribution < -0.4 is 0 Å². The quantitative estimate of drug-likeness (QED) is 0.631. The second kappa shape index (κ2) is 6.76. The maximum Gasteiger partial charge on any atom is 0.490 e. The third-order valence-corrected chi connectivity index (χ3v) is 3.07. The number of ether oxygens (including phenoxy) is 2. The summed E-state index contributed by atoms with van der Waals surface area (Å²) < 4.78 is 46.2. The van der Waals surface area contributed by atoms with E-state index in [4.69, 9.17) is 4.74 Å². The first-order valence-electron chi connectivity index (χ1n) is 6.57. The zero-order valence-electron chi connectivity index (χ0n) is 11.2. The molecule has 2 atom stereocenters. The lowest BCUT2D eigenvalue weighted by atomic mass is 10.0. The van der Waals surface area contributed by atoms with E-state index in [0.29, 0.717) is 19.4 Å². The number of carbonyl (C=O) groups is 1. The van der Waals surface area contributed by atoms with Gasteiger partial charge in [0.05, 0.1) is 12.7 Å². The van der Waals surface area contributed by atoms with Gasteiger partial charge in [0.25, 0.3) is 0 Å². The molecule has 0 spiro atoms. The van der Waals surface area contributed by atoms with Gasteiger partial charge < -0.3 is 9.47 Å². The Morgan fingerprint density at radius 2 is 1.71 bits per heavy atom. The number of carbonyl (C=O) groups excluding carboxylic acids is 1. The van der Waals surface area contributed by atoms with E-state index < -0.39 is 18.2 Å². The summed E-state index contributed by atoms with van der Waals surface area (Å²) >= 11 is 0. The van der Waals surface area contributed by atoms with E-state index in [0.717, 1.165) is 5.56 Å². The predicted molar refractivity (Wildman–Crippen MR) is 69.3 cm³/mol. The molecule has 1 aliphatic rings. The minimum atomic E-state index is -4.95. The van der Waals surface area contributed by atoms with Crippen LogP contribution in [0.4, 0.5) is 13.2 Å². The van der Waals surface area contributed by atoms with Gasteiger partial charge in [-0.25, -0.2) is 4.79 Å². The topological polar surface area (TPSA) is 35.5 Å². The Morgan fingerprint density at radius 3 is 2.29 bits per heavy atom. The standard InChI is InChI=1S/C15H15F3O3/c16-15(17,18)14(19)21-13-8-6-12(7-9-13)20-10-11-4-2-1-3-5-11/h1-6,8,12-13H,7,9-10H2/t12-,13-/m0/s1. The van der Waals surface area contributed by atoms with Crippen molar-refractivity contribution in [3.05, 3.63) is 48.0 Å². The molecule has 0 unspecified atom stereocenters. The highest BCUT2D eigenvalue weighted by atomic mass is 19.4. The summed E-state index contributed by atoms with van der Waals surface area (Å²) in [5.74, 6) is -2.15. The van der Waals surface area contributed by atoms with Crippen LogP contribution in [0.2, 0.25) is 0 Å². The Bertz CT molecular complexity index is 497. The lowest BCUT2D eigenvalue weighted by Gasteiger charge is -2.23. The van der Waals surface area contributed by atoms with Crippen LogP contribution >= 0.6 is 0 Å². The number of benzene rings is 1. The van der Waals surface area contributed by atoms with Crippen molar-refractivity contribution in [2.45, 2.75) is 37.8 Å². The molecule has 0 saturated carbocycles. The highest BCUT2D eigenvalue weighted by Gasteiger charge is 2.42. The van der Waals surface area contributed by atoms with Crippen LogP contribution in [0.5, 0.6) is 0 Å². The fraction of sp³-hybridized carbons (Fsp3) is 0.400. The van der Waals surface area contributed by atoms with E-state index >= 15 is 0 Å². The van der Waals surface area contributed by atoms with Crippen molar-refractivity contribution in [3.8, 4) is 0 Å². The number of hydrogen-bond acceptors (Lipinski definition) is 3. The molecule has 0 saturated heterocycles. The third kappa shape index (κ3) is 4.90. The lowest BCUT2D eigenvalue weighted by molar-refractivity contribution is -0.203. The molecule has 1 aliphatic carbocycles. The Balaban J connectivity index is 1.78. The molecule has 2 rings (SSSR count). The molecule has 0 amide bonds. The highest BCUT2D eigenvalue weighted by Crippen LogP contribution is 2.22. The van der Waals surface area contributed by atoms with Crippen molar-refractivity contribution in [1.82, 2.24) is 0 Å². The normalized spacial score (nSPS) is 22.0. The van der Waals surface area contributed by atoms with Crippen LogP contribution in [0.3, 0.4) is 0 Å². The fourth-order valence-electron chi connectivity index (χ4n) is 1.99. The van der Waals surface area contributed by atoms with Gasteiger partial charge in [-0.1, -0.05) is 36.4 Å². The first-order valence-corrected chi connectivity index (χ1v) is 6.57. The molecule has 114 valence electrons. The summed E-state index contributed by atoms with van der Waals surface area (Å²) in [6, 6.07) is 9.58. The largest absolute Gasteiger partial charge is 0.490 e. The zero-order chi connectivity index (χ0) is 15.3. The number of alkyl halides is 3. The van der Waals surface area contributed by atoms with Crippen molar-refractivity contribution < 1.29 is 27.4 Å². The predicted octanol–water partition coefficient (Wildman–Crippen LogP) is 3.40. The maximum absolute atomic E-state index is 12.1. The van der Waals surface area contributed by atoms with Gasteiger partial charge in [0, 0.05) is 0 Å². The Labute approximate surface area is 120 Å². The average Bonchev–Trinajstić information content (AvgIpc) is 2.46. The molecule has 21 heavy (non-hydrogen) atoms. The third-order valence-electron chi connectivity index (χ3n) is 3.07. The summed E-state index contributed by atoms with van der Waals surface area (Å²) in [4.78, 5) is 10.7. The van der Waals surface area contributed by atoms with Gasteiger partial charge >= 0.3 is 12.1 Å². The van der Waals surface area contributed by atoms with Crippen LogP contribution in [0.15, 0.2) is 42.5 Å². The first kappa shape index (κ1) is 15.6. The molecule has 0 aromatic heterocycles. The van der Waals surface area contributed by atoms with Crippen LogP contribution in [-0.4, -0.2) is 24.4 Å². The van der Waals surface area contributed by atoms with E-state index in [-0.39, 0.29) is 6.10 Å².